The van der Waals surface area contributed by atoms with Gasteiger partial charge in [-0.05, 0) is 6.07 Å². The first-order valence-corrected chi connectivity index (χ1v) is 5.83. The van der Waals surface area contributed by atoms with Gasteiger partial charge in [0.1, 0.15) is 0 Å². The molecular formula is C12H12NO2S+. The van der Waals surface area contributed by atoms with Crippen LogP contribution in [-0.4, -0.2) is 13.1 Å². The molecule has 1 aromatic carbocycles. The highest BCUT2D eigenvalue weighted by atomic mass is 32.1. The van der Waals surface area contributed by atoms with Crippen molar-refractivity contribution in [3.8, 4) is 0 Å². The topological polar surface area (TPSA) is 30.2 Å². The molecule has 1 heterocycles. The Hall–Kier alpha value is -1.68. The van der Waals surface area contributed by atoms with Gasteiger partial charge in [0.15, 0.2) is 12.7 Å². The highest BCUT2D eigenvalue weighted by molar-refractivity contribution is 7.07. The number of esters is 1. The van der Waals surface area contributed by atoms with Crippen LogP contribution < -0.4 is 4.57 Å². The molecule has 82 valence electrons. The molecule has 0 atom stereocenters. The van der Waals surface area contributed by atoms with E-state index in [2.05, 4.69) is 0 Å². The summed E-state index contributed by atoms with van der Waals surface area (Å²) in [4.78, 5) is 11.5. The van der Waals surface area contributed by atoms with Crippen molar-refractivity contribution in [2.45, 2.75) is 6.54 Å². The standard InChI is InChI=1S/C12H12NO2S/c1-15-12(14)11-5-3-2-4-10(11)8-13-6-7-16-9-13/h2-7,9H,8H2,1H3/q+1. The van der Waals surface area contributed by atoms with Crippen LogP contribution in [0.3, 0.4) is 0 Å². The van der Waals surface area contributed by atoms with Crippen molar-refractivity contribution in [3.63, 3.8) is 0 Å². The van der Waals surface area contributed by atoms with Crippen LogP contribution in [0.4, 0.5) is 0 Å². The summed E-state index contributed by atoms with van der Waals surface area (Å²) in [5.41, 5.74) is 3.61. The van der Waals surface area contributed by atoms with Crippen LogP contribution in [0.25, 0.3) is 0 Å². The van der Waals surface area contributed by atoms with E-state index < -0.39 is 0 Å². The number of nitrogens with zero attached hydrogens (tertiary/aromatic N) is 1. The van der Waals surface area contributed by atoms with E-state index in [4.69, 9.17) is 4.74 Å². The van der Waals surface area contributed by atoms with Gasteiger partial charge < -0.3 is 4.74 Å². The zero-order chi connectivity index (χ0) is 11.4. The Kier molecular flexibility index (Phi) is 3.31. The number of thiazole rings is 1. The minimum Gasteiger partial charge on any atom is -0.465 e. The van der Waals surface area contributed by atoms with Crippen LogP contribution in [0.1, 0.15) is 15.9 Å². The Morgan fingerprint density at radius 1 is 1.44 bits per heavy atom. The second kappa shape index (κ2) is 4.90. The van der Waals surface area contributed by atoms with E-state index >= 15 is 0 Å². The van der Waals surface area contributed by atoms with E-state index in [-0.39, 0.29) is 5.97 Å². The monoisotopic (exact) mass is 234 g/mol. The van der Waals surface area contributed by atoms with Gasteiger partial charge in [0.2, 0.25) is 5.51 Å². The molecule has 2 aromatic rings. The molecule has 0 unspecified atom stereocenters. The highest BCUT2D eigenvalue weighted by Crippen LogP contribution is 2.09. The highest BCUT2D eigenvalue weighted by Gasteiger charge is 2.13. The fourth-order valence-corrected chi connectivity index (χ4v) is 2.11. The third kappa shape index (κ3) is 2.28. The summed E-state index contributed by atoms with van der Waals surface area (Å²) in [7, 11) is 1.40. The molecule has 0 aliphatic carbocycles. The van der Waals surface area contributed by atoms with E-state index in [9.17, 15) is 4.79 Å². The molecule has 3 nitrogen and oxygen atoms in total. The SMILES string of the molecule is COC(=O)c1ccccc1C[n+]1ccsc1. The van der Waals surface area contributed by atoms with Crippen LogP contribution in [0.15, 0.2) is 41.4 Å². The first-order valence-electron chi connectivity index (χ1n) is 4.88. The Morgan fingerprint density at radius 3 is 2.94 bits per heavy atom. The van der Waals surface area contributed by atoms with Gasteiger partial charge in [-0.3, -0.25) is 0 Å². The van der Waals surface area contributed by atoms with Gasteiger partial charge >= 0.3 is 5.97 Å². The molecule has 1 aromatic heterocycles. The molecule has 0 amide bonds. The second-order valence-electron chi connectivity index (χ2n) is 3.35. The number of methoxy groups -OCH3 is 1. The lowest BCUT2D eigenvalue weighted by molar-refractivity contribution is -0.683. The molecule has 0 spiro atoms. The summed E-state index contributed by atoms with van der Waals surface area (Å²) < 4.78 is 6.78. The van der Waals surface area contributed by atoms with Gasteiger partial charge in [-0.15, -0.1) is 0 Å². The molecule has 4 heteroatoms. The minimum absolute atomic E-state index is 0.286. The maximum Gasteiger partial charge on any atom is 0.338 e. The van der Waals surface area contributed by atoms with Gasteiger partial charge in [-0.1, -0.05) is 29.5 Å². The van der Waals surface area contributed by atoms with E-state index in [1.807, 2.05) is 39.9 Å². The first-order chi connectivity index (χ1) is 7.81. The van der Waals surface area contributed by atoms with E-state index in [1.54, 1.807) is 17.4 Å². The zero-order valence-electron chi connectivity index (χ0n) is 8.92. The average molecular weight is 234 g/mol. The van der Waals surface area contributed by atoms with Crippen LogP contribution in [0.5, 0.6) is 0 Å². The van der Waals surface area contributed by atoms with Gasteiger partial charge in [0, 0.05) is 5.56 Å². The predicted molar refractivity (Wildman–Crippen MR) is 61.4 cm³/mol. The summed E-state index contributed by atoms with van der Waals surface area (Å²) in [6.45, 7) is 0.689. The van der Waals surface area contributed by atoms with E-state index in [0.717, 1.165) is 5.56 Å². The third-order valence-corrected chi connectivity index (χ3v) is 2.97. The summed E-state index contributed by atoms with van der Waals surface area (Å²) in [5.74, 6) is -0.286. The normalized spacial score (nSPS) is 10.1. The number of benzene rings is 1. The summed E-state index contributed by atoms with van der Waals surface area (Å²) in [5, 5.41) is 2.00. The largest absolute Gasteiger partial charge is 0.465 e. The number of aromatic nitrogens is 1. The van der Waals surface area contributed by atoms with Crippen molar-refractivity contribution in [1.29, 1.82) is 0 Å². The van der Waals surface area contributed by atoms with Crippen molar-refractivity contribution >= 4 is 17.3 Å². The summed E-state index contributed by atoms with van der Waals surface area (Å²) >= 11 is 1.63. The quantitative estimate of drug-likeness (QED) is 0.599. The van der Waals surface area contributed by atoms with Gasteiger partial charge in [0.05, 0.1) is 18.1 Å². The molecule has 0 bridgehead atoms. The lowest BCUT2D eigenvalue weighted by Gasteiger charge is -2.03. The lowest BCUT2D eigenvalue weighted by Crippen LogP contribution is -2.31. The molecule has 16 heavy (non-hydrogen) atoms. The number of carbonyl (C=O) groups is 1. The van der Waals surface area contributed by atoms with Gasteiger partial charge in [-0.2, -0.15) is 4.57 Å². The Bertz CT molecular complexity index is 480. The maximum atomic E-state index is 11.5. The Morgan fingerprint density at radius 2 is 2.25 bits per heavy atom. The molecule has 0 aliphatic heterocycles. The molecule has 0 N–H and O–H groups in total. The number of carbonyl (C=O) groups excluding carboxylic acids is 1. The zero-order valence-corrected chi connectivity index (χ0v) is 9.74. The van der Waals surface area contributed by atoms with Crippen molar-refractivity contribution in [1.82, 2.24) is 0 Å². The fraction of sp³-hybridized carbons (Fsp3) is 0.167. The van der Waals surface area contributed by atoms with Crippen molar-refractivity contribution in [2.75, 3.05) is 7.11 Å². The van der Waals surface area contributed by atoms with Crippen molar-refractivity contribution in [2.24, 2.45) is 0 Å². The van der Waals surface area contributed by atoms with Crippen molar-refractivity contribution in [3.05, 3.63) is 52.5 Å². The number of rotatable bonds is 3. The average Bonchev–Trinajstić information content (AvgIpc) is 2.82. The van der Waals surface area contributed by atoms with Gasteiger partial charge in [-0.25, -0.2) is 4.79 Å². The summed E-state index contributed by atoms with van der Waals surface area (Å²) in [6, 6.07) is 7.49. The third-order valence-electron chi connectivity index (χ3n) is 2.30. The van der Waals surface area contributed by atoms with E-state index in [1.165, 1.54) is 7.11 Å². The predicted octanol–water partition coefficient (Wildman–Crippen LogP) is 1.87. The van der Waals surface area contributed by atoms with Crippen LogP contribution >= 0.6 is 11.3 Å². The molecule has 0 radical (unpaired) electrons. The summed E-state index contributed by atoms with van der Waals surface area (Å²) in [6.07, 6.45) is 1.98. The Balaban J connectivity index is 2.30. The molecule has 0 saturated heterocycles. The maximum absolute atomic E-state index is 11.5. The fourth-order valence-electron chi connectivity index (χ4n) is 1.52. The Labute approximate surface area is 97.9 Å². The number of hydrogen-bond donors (Lipinski definition) is 0. The first kappa shape index (κ1) is 10.8. The van der Waals surface area contributed by atoms with Crippen molar-refractivity contribution < 1.29 is 14.1 Å². The molecule has 0 fully saturated rings. The lowest BCUT2D eigenvalue weighted by atomic mass is 10.1. The molecule has 2 rings (SSSR count). The van der Waals surface area contributed by atoms with E-state index in [0.29, 0.717) is 12.1 Å². The van der Waals surface area contributed by atoms with Gasteiger partial charge in [0.25, 0.3) is 0 Å². The van der Waals surface area contributed by atoms with Crippen LogP contribution in [-0.2, 0) is 11.3 Å². The molecule has 0 saturated carbocycles. The number of ether oxygens (including phenoxy) is 1. The second-order valence-corrected chi connectivity index (χ2v) is 4.10. The van der Waals surface area contributed by atoms with Crippen LogP contribution in [0, 0.1) is 0 Å². The smallest absolute Gasteiger partial charge is 0.338 e. The minimum atomic E-state index is -0.286. The molecular weight excluding hydrogens is 222 g/mol. The number of hydrogen-bond acceptors (Lipinski definition) is 3. The molecule has 0 aliphatic rings. The van der Waals surface area contributed by atoms with Crippen LogP contribution in [0.2, 0.25) is 0 Å².